The number of aliphatic imine (C=N–C) groups is 5. The standard InChI is InChI=1S/2C27H23N5OS.C22H20F2N4O.C20H19ClN4OS.C17H15FN4O2/c2*1-27(23-12-20-19-11-15(13-28)3-10-21(19)30-14-22(20)34-23)24(25(33)32(2)26(29)31-27)18-8-6-17(7-9-18)16-4-5-16;1-21(16-8-7-15(23)11-17(16)24)18(19(29)28(2)20(26)27-21)13-3-5-14(6-4-13)22(12-25)9-10-22;1-20(17(12-3-4-12)18(26)25(2)19(23)24-20)16-6-5-15(27-16)13-7-11(10-22)8-14(21)9-13;1-17(7-15(23)22(2)16(20)21-17)14-6-12(9-24-14)10-3-4-13(18)11(5-10)8-19/h2*3,6-12,14,16,24H,4-5H2,1-2H3,(H2,29,31);3-8,11,18H,9-10H2,1-2H3,(H2,26,27);5-9,12,17H,3-4H2,1-2H3,(H2,23,24);3-6,9H,7H2,1-2H3,(H2,20,21)/t24-,27+;24-,27-;18-,21-;17-,20-;17-/m01110/s1. The summed E-state index contributed by atoms with van der Waals surface area (Å²) in [7, 11) is 8.12. The lowest BCUT2D eigenvalue weighted by Crippen LogP contribution is -2.54. The van der Waals surface area contributed by atoms with Crippen LogP contribution >= 0.6 is 45.6 Å². The lowest BCUT2D eigenvalue weighted by Gasteiger charge is -2.41. The van der Waals surface area contributed by atoms with Crippen molar-refractivity contribution in [3.05, 3.63) is 317 Å². The molecule has 23 rings (SSSR count). The van der Waals surface area contributed by atoms with Gasteiger partial charge < -0.3 is 33.1 Å². The lowest BCUT2D eigenvalue weighted by atomic mass is 9.74. The van der Waals surface area contributed by atoms with E-state index >= 15 is 0 Å². The number of nitrogens with two attached hydrogens (primary N) is 5. The number of amides is 5. The molecule has 0 unspecified atom stereocenters. The van der Waals surface area contributed by atoms with Crippen LogP contribution in [0.25, 0.3) is 63.5 Å². The minimum absolute atomic E-state index is 0.0319. The van der Waals surface area contributed by atoms with Crippen LogP contribution in [0.5, 0.6) is 0 Å². The summed E-state index contributed by atoms with van der Waals surface area (Å²) in [4.78, 5) is 109. The summed E-state index contributed by atoms with van der Waals surface area (Å²) in [6.45, 7) is 9.37. The third-order valence-electron chi connectivity index (χ3n) is 29.9. The van der Waals surface area contributed by atoms with Gasteiger partial charge in [0.05, 0.1) is 109 Å². The highest BCUT2D eigenvalue weighted by molar-refractivity contribution is 7.19. The summed E-state index contributed by atoms with van der Waals surface area (Å²) in [5.41, 5.74) is 36.8. The van der Waals surface area contributed by atoms with Crippen LogP contribution in [0, 0.1) is 85.9 Å². The first kappa shape index (κ1) is 100. The number of fused-ring (bicyclic) bond motifs is 6. The number of hydrogen-bond donors (Lipinski definition) is 5. The number of carbonyl (C=O) groups is 5. The Bertz CT molecular complexity index is 8020. The molecule has 5 aliphatic heterocycles. The van der Waals surface area contributed by atoms with Crippen molar-refractivity contribution in [2.45, 2.75) is 155 Å². The molecule has 744 valence electrons. The van der Waals surface area contributed by atoms with Crippen molar-refractivity contribution in [3.63, 3.8) is 0 Å². The van der Waals surface area contributed by atoms with E-state index in [2.05, 4.69) is 105 Å². The Balaban J connectivity index is 0.000000117. The maximum atomic E-state index is 14.7. The minimum Gasteiger partial charge on any atom is -0.466 e. The van der Waals surface area contributed by atoms with E-state index in [-0.39, 0.29) is 82.8 Å². The third kappa shape index (κ3) is 18.5. The van der Waals surface area contributed by atoms with Crippen LogP contribution in [0.1, 0.15) is 204 Å². The number of guanidine groups is 5. The summed E-state index contributed by atoms with van der Waals surface area (Å²) in [6.07, 6.45) is 14.0. The largest absolute Gasteiger partial charge is 0.466 e. The second-order valence-corrected chi connectivity index (χ2v) is 43.5. The summed E-state index contributed by atoms with van der Waals surface area (Å²) in [6, 6.07) is 68.5. The molecule has 4 fully saturated rings. The Morgan fingerprint density at radius 2 is 0.892 bits per heavy atom. The van der Waals surface area contributed by atoms with Gasteiger partial charge in [-0.05, 0) is 251 Å². The second-order valence-electron chi connectivity index (χ2n) is 39.9. The van der Waals surface area contributed by atoms with E-state index in [1.165, 1.54) is 92.8 Å². The molecular formula is C113H100ClF3N22O6S3. The summed E-state index contributed by atoms with van der Waals surface area (Å²) in [5, 5.41) is 50.7. The van der Waals surface area contributed by atoms with Gasteiger partial charge in [-0.25, -0.2) is 38.1 Å². The number of furan rings is 1. The average molecular weight is 2050 g/mol. The number of thiophene rings is 3. The lowest BCUT2D eigenvalue weighted by molar-refractivity contribution is -0.135. The molecule has 8 aromatic carbocycles. The molecule has 6 aromatic heterocycles. The Hall–Kier alpha value is -16.3. The van der Waals surface area contributed by atoms with Crippen molar-refractivity contribution in [2.24, 2.45) is 65.5 Å². The number of rotatable bonds is 14. The predicted octanol–water partition coefficient (Wildman–Crippen LogP) is 19.6. The highest BCUT2D eigenvalue weighted by atomic mass is 35.5. The Morgan fingerprint density at radius 1 is 0.419 bits per heavy atom. The normalized spacial score (nSPS) is 23.4. The van der Waals surface area contributed by atoms with E-state index in [1.54, 1.807) is 125 Å². The Kier molecular flexibility index (Phi) is 26.2. The molecule has 9 aliphatic rings. The summed E-state index contributed by atoms with van der Waals surface area (Å²) >= 11 is 10.9. The molecule has 9 atom stereocenters. The second kappa shape index (κ2) is 38.6. The van der Waals surface area contributed by atoms with E-state index in [4.69, 9.17) is 64.9 Å². The van der Waals surface area contributed by atoms with E-state index in [1.807, 2.05) is 93.8 Å². The third-order valence-corrected chi connectivity index (χ3v) is 34.1. The molecule has 148 heavy (non-hydrogen) atoms. The number of pyridine rings is 2. The van der Waals surface area contributed by atoms with Crippen molar-refractivity contribution in [3.8, 4) is 51.9 Å². The molecule has 0 bridgehead atoms. The van der Waals surface area contributed by atoms with Gasteiger partial charge in [0.1, 0.15) is 57.0 Å². The van der Waals surface area contributed by atoms with Gasteiger partial charge in [-0.15, -0.1) is 34.0 Å². The molecule has 11 heterocycles. The first-order chi connectivity index (χ1) is 70.7. The fraction of sp³-hybridized carbons (Fsp3) is 0.283. The zero-order chi connectivity index (χ0) is 105. The number of benzene rings is 8. The van der Waals surface area contributed by atoms with E-state index < -0.39 is 68.3 Å². The van der Waals surface area contributed by atoms with Crippen LogP contribution in [0.3, 0.4) is 0 Å². The SMILES string of the molecule is CN1C(=O)C[C@@](C)(c2cc(-c3ccc(F)c(C#N)c3)co2)N=C1N.CN1C(=O)[C@@H](C2CC2)[C@@](C)(c2ccc(-c3cc(Cl)cc(C#N)c3)s2)N=C1N.CN1C(=O)[C@@H](c2ccc(C3(C#N)CC3)cc2)[C@@](C)(c2ccc(F)cc2F)N=C1N.CN1C(=O)[C@@H](c2ccc(C3CC3)cc2)[C@@](C)(c2cc3c(cnc4ccc(C#N)cc43)s2)N=C1N.CN1C(=O)[C@H](c2ccc(C3CC3)cc2)[C@@](C)(c2cc3c(cnc4ccc(C#N)cc43)s2)N=C1N. The van der Waals surface area contributed by atoms with Crippen LogP contribution < -0.4 is 28.7 Å². The molecule has 14 aromatic rings. The van der Waals surface area contributed by atoms with Gasteiger partial charge in [-0.2, -0.15) is 26.3 Å². The molecule has 10 N–H and O–H groups in total. The van der Waals surface area contributed by atoms with E-state index in [9.17, 15) is 58.2 Å². The maximum Gasteiger partial charge on any atom is 0.239 e. The predicted molar refractivity (Wildman–Crippen MR) is 566 cm³/mol. The Labute approximate surface area is 867 Å². The van der Waals surface area contributed by atoms with Gasteiger partial charge in [0, 0.05) is 111 Å². The minimum atomic E-state index is -1.35. The van der Waals surface area contributed by atoms with Crippen molar-refractivity contribution in [1.82, 2.24) is 34.5 Å². The number of halogens is 4. The Morgan fingerprint density at radius 3 is 1.36 bits per heavy atom. The fourth-order valence-electron chi connectivity index (χ4n) is 20.5. The number of hydrogen-bond acceptors (Lipinski definition) is 26. The van der Waals surface area contributed by atoms with E-state index in [0.717, 1.165) is 122 Å². The van der Waals surface area contributed by atoms with Crippen molar-refractivity contribution >= 4 is 147 Å². The molecular weight excluding hydrogens is 1950 g/mol. The maximum absolute atomic E-state index is 14.7. The van der Waals surface area contributed by atoms with Crippen LogP contribution in [-0.4, -0.2) is 129 Å². The highest BCUT2D eigenvalue weighted by Crippen LogP contribution is 2.57. The first-order valence-electron chi connectivity index (χ1n) is 48.0. The van der Waals surface area contributed by atoms with Crippen molar-refractivity contribution in [1.29, 1.82) is 26.3 Å². The molecule has 4 aliphatic carbocycles. The zero-order valence-corrected chi connectivity index (χ0v) is 85.5. The quantitative estimate of drug-likeness (QED) is 0.0675. The molecule has 0 radical (unpaired) electrons. The summed E-state index contributed by atoms with van der Waals surface area (Å²) in [5.74, 6) is -1.81. The monoisotopic (exact) mass is 2050 g/mol. The van der Waals surface area contributed by atoms with Crippen LogP contribution in [0.4, 0.5) is 13.2 Å². The molecule has 28 nitrogen and oxygen atoms in total. The number of aromatic nitrogens is 2. The smallest absolute Gasteiger partial charge is 0.239 e. The highest BCUT2D eigenvalue weighted by Gasteiger charge is 2.56. The number of nitriles is 5. The topological polar surface area (TPSA) is 451 Å². The van der Waals surface area contributed by atoms with E-state index in [0.29, 0.717) is 61.9 Å². The van der Waals surface area contributed by atoms with Crippen LogP contribution in [0.2, 0.25) is 5.02 Å². The number of carbonyl (C=O) groups excluding carboxylic acids is 5. The summed E-state index contributed by atoms with van der Waals surface area (Å²) < 4.78 is 49.2. The van der Waals surface area contributed by atoms with Crippen molar-refractivity contribution < 1.29 is 41.6 Å². The average Bonchev–Trinajstić information content (AvgIpc) is 1.08. The van der Waals surface area contributed by atoms with Gasteiger partial charge in [0.2, 0.25) is 29.5 Å². The van der Waals surface area contributed by atoms with Gasteiger partial charge in [-0.1, -0.05) is 96.5 Å². The van der Waals surface area contributed by atoms with Gasteiger partial charge in [-0.3, -0.25) is 58.4 Å². The molecule has 35 heteroatoms. The molecule has 4 saturated carbocycles. The molecule has 0 spiro atoms. The number of nitrogens with zero attached hydrogens (tertiary/aromatic N) is 17. The van der Waals surface area contributed by atoms with Crippen LogP contribution in [0.15, 0.2) is 242 Å². The zero-order valence-electron chi connectivity index (χ0n) is 82.3. The molecule has 5 amide bonds. The van der Waals surface area contributed by atoms with Gasteiger partial charge in [0.25, 0.3) is 0 Å². The van der Waals surface area contributed by atoms with Gasteiger partial charge in [0.15, 0.2) is 29.8 Å². The fourth-order valence-corrected chi connectivity index (χ4v) is 24.2. The van der Waals surface area contributed by atoms with Gasteiger partial charge >= 0.3 is 0 Å². The van der Waals surface area contributed by atoms with Crippen molar-refractivity contribution in [2.75, 3.05) is 35.2 Å². The number of likely N-dealkylation sites (N-methyl/N-ethyl adjacent to an activating group) is 3. The van der Waals surface area contributed by atoms with Crippen LogP contribution in [-0.2, 0) is 57.1 Å². The first-order valence-corrected chi connectivity index (χ1v) is 50.9. The molecule has 0 saturated heterocycles.